The van der Waals surface area contributed by atoms with E-state index < -0.39 is 0 Å². The number of hydrogen-bond acceptors (Lipinski definition) is 4. The average molecular weight is 255 g/mol. The van der Waals surface area contributed by atoms with Crippen LogP contribution in [0.5, 0.6) is 11.5 Å². The number of methoxy groups -OCH3 is 2. The molecule has 0 aliphatic rings. The monoisotopic (exact) mass is 255 g/mol. The smallest absolute Gasteiger partial charge is 0.161 e. The van der Waals surface area contributed by atoms with E-state index in [1.165, 1.54) is 6.08 Å². The van der Waals surface area contributed by atoms with Gasteiger partial charge in [-0.3, -0.25) is 0 Å². The number of allylic oxidation sites excluding steroid dienone is 1. The third kappa shape index (κ3) is 2.61. The first-order valence-corrected chi connectivity index (χ1v) is 5.66. The van der Waals surface area contributed by atoms with E-state index in [9.17, 15) is 0 Å². The number of rotatable bonds is 4. The lowest BCUT2D eigenvalue weighted by Gasteiger charge is -2.10. The van der Waals surface area contributed by atoms with Gasteiger partial charge in [-0.25, -0.2) is 0 Å². The molecule has 0 saturated carbocycles. The first kappa shape index (κ1) is 12.8. The van der Waals surface area contributed by atoms with E-state index in [1.54, 1.807) is 38.7 Å². The van der Waals surface area contributed by atoms with Crippen molar-refractivity contribution in [1.82, 2.24) is 0 Å². The van der Waals surface area contributed by atoms with Crippen molar-refractivity contribution in [1.29, 1.82) is 5.26 Å². The van der Waals surface area contributed by atoms with Crippen molar-refractivity contribution in [3.8, 4) is 17.6 Å². The number of nitrogens with zero attached hydrogens (tertiary/aromatic N) is 1. The van der Waals surface area contributed by atoms with Crippen LogP contribution in [0.15, 0.2) is 47.1 Å². The van der Waals surface area contributed by atoms with Crippen molar-refractivity contribution < 1.29 is 13.9 Å². The Morgan fingerprint density at radius 1 is 1.21 bits per heavy atom. The molecule has 4 nitrogen and oxygen atoms in total. The summed E-state index contributed by atoms with van der Waals surface area (Å²) < 4.78 is 15.8. The van der Waals surface area contributed by atoms with Crippen LogP contribution in [0, 0.1) is 11.3 Å². The van der Waals surface area contributed by atoms with Crippen molar-refractivity contribution >= 4 is 5.57 Å². The quantitative estimate of drug-likeness (QED) is 0.787. The molecular weight excluding hydrogens is 242 g/mol. The summed E-state index contributed by atoms with van der Waals surface area (Å²) in [4.78, 5) is 0. The molecule has 0 saturated heterocycles. The van der Waals surface area contributed by atoms with E-state index in [0.29, 0.717) is 22.8 Å². The molecule has 19 heavy (non-hydrogen) atoms. The van der Waals surface area contributed by atoms with E-state index in [4.69, 9.17) is 19.2 Å². The number of ether oxygens (including phenoxy) is 2. The van der Waals surface area contributed by atoms with Crippen LogP contribution in [-0.2, 0) is 0 Å². The van der Waals surface area contributed by atoms with Crippen LogP contribution < -0.4 is 9.47 Å². The second kappa shape index (κ2) is 5.78. The molecular formula is C15H13NO3. The zero-order valence-corrected chi connectivity index (χ0v) is 10.7. The van der Waals surface area contributed by atoms with E-state index in [1.807, 2.05) is 18.2 Å². The van der Waals surface area contributed by atoms with Crippen LogP contribution in [0.4, 0.5) is 0 Å². The van der Waals surface area contributed by atoms with Crippen molar-refractivity contribution in [2.45, 2.75) is 0 Å². The normalized spacial score (nSPS) is 10.9. The van der Waals surface area contributed by atoms with Gasteiger partial charge in [0.25, 0.3) is 0 Å². The summed E-state index contributed by atoms with van der Waals surface area (Å²) in [7, 11) is 3.15. The van der Waals surface area contributed by atoms with E-state index >= 15 is 0 Å². The first-order chi connectivity index (χ1) is 9.30. The fraction of sp³-hybridized carbons (Fsp3) is 0.133. The summed E-state index contributed by atoms with van der Waals surface area (Å²) in [5.41, 5.74) is 1.53. The third-order valence-electron chi connectivity index (χ3n) is 2.69. The van der Waals surface area contributed by atoms with Gasteiger partial charge in [-0.1, -0.05) is 6.07 Å². The van der Waals surface area contributed by atoms with Crippen LogP contribution in [0.3, 0.4) is 0 Å². The van der Waals surface area contributed by atoms with Gasteiger partial charge in [0, 0.05) is 11.6 Å². The lowest BCUT2D eigenvalue weighted by atomic mass is 10.0. The predicted molar refractivity (Wildman–Crippen MR) is 70.9 cm³/mol. The predicted octanol–water partition coefficient (Wildman–Crippen LogP) is 3.25. The SMILES string of the molecule is COc1ccc(C(=CC#N)c2ccco2)cc1OC. The van der Waals surface area contributed by atoms with Crippen molar-refractivity contribution in [2.75, 3.05) is 14.2 Å². The molecule has 1 heterocycles. The fourth-order valence-corrected chi connectivity index (χ4v) is 1.80. The Bertz CT molecular complexity index is 621. The zero-order chi connectivity index (χ0) is 13.7. The van der Waals surface area contributed by atoms with Gasteiger partial charge < -0.3 is 13.9 Å². The minimum atomic E-state index is 0.607. The van der Waals surface area contributed by atoms with Gasteiger partial charge in [-0.2, -0.15) is 5.26 Å². The van der Waals surface area contributed by atoms with Gasteiger partial charge >= 0.3 is 0 Å². The number of furan rings is 1. The summed E-state index contributed by atoms with van der Waals surface area (Å²) in [5, 5.41) is 8.90. The maximum Gasteiger partial charge on any atom is 0.161 e. The number of hydrogen-bond donors (Lipinski definition) is 0. The Morgan fingerprint density at radius 3 is 2.58 bits per heavy atom. The Hall–Kier alpha value is -2.67. The highest BCUT2D eigenvalue weighted by Crippen LogP contribution is 2.32. The topological polar surface area (TPSA) is 55.4 Å². The van der Waals surface area contributed by atoms with Gasteiger partial charge in [-0.15, -0.1) is 0 Å². The highest BCUT2D eigenvalue weighted by Gasteiger charge is 2.11. The lowest BCUT2D eigenvalue weighted by Crippen LogP contribution is -1.93. The van der Waals surface area contributed by atoms with Crippen molar-refractivity contribution in [2.24, 2.45) is 0 Å². The molecule has 1 aromatic carbocycles. The van der Waals surface area contributed by atoms with Gasteiger partial charge in [-0.05, 0) is 29.8 Å². The molecule has 1 aromatic heterocycles. The van der Waals surface area contributed by atoms with Gasteiger partial charge in [0.05, 0.1) is 26.6 Å². The number of benzene rings is 1. The molecule has 0 amide bonds. The molecule has 2 aromatic rings. The minimum absolute atomic E-state index is 0.607. The molecule has 0 N–H and O–H groups in total. The van der Waals surface area contributed by atoms with Crippen LogP contribution in [0.25, 0.3) is 5.57 Å². The maximum atomic E-state index is 8.90. The molecule has 0 unspecified atom stereocenters. The molecule has 0 aliphatic heterocycles. The summed E-state index contributed by atoms with van der Waals surface area (Å²) in [6.07, 6.45) is 3.02. The largest absolute Gasteiger partial charge is 0.493 e. The second-order valence-corrected chi connectivity index (χ2v) is 3.73. The average Bonchev–Trinajstić information content (AvgIpc) is 2.98. The molecule has 0 fully saturated rings. The lowest BCUT2D eigenvalue weighted by molar-refractivity contribution is 0.355. The maximum absolute atomic E-state index is 8.90. The molecule has 0 bridgehead atoms. The van der Waals surface area contributed by atoms with Crippen LogP contribution in [0.1, 0.15) is 11.3 Å². The number of nitriles is 1. The van der Waals surface area contributed by atoms with E-state index in [0.717, 1.165) is 5.56 Å². The first-order valence-electron chi connectivity index (χ1n) is 5.66. The van der Waals surface area contributed by atoms with Crippen LogP contribution in [0.2, 0.25) is 0 Å². The Kier molecular flexibility index (Phi) is 3.89. The molecule has 96 valence electrons. The molecule has 0 spiro atoms. The van der Waals surface area contributed by atoms with E-state index in [2.05, 4.69) is 0 Å². The second-order valence-electron chi connectivity index (χ2n) is 3.73. The molecule has 0 atom stereocenters. The summed E-state index contributed by atoms with van der Waals surface area (Å²) in [5.74, 6) is 1.88. The molecule has 2 rings (SSSR count). The van der Waals surface area contributed by atoms with Crippen LogP contribution >= 0.6 is 0 Å². The molecule has 0 aliphatic carbocycles. The van der Waals surface area contributed by atoms with Crippen LogP contribution in [-0.4, -0.2) is 14.2 Å². The van der Waals surface area contributed by atoms with Crippen molar-refractivity contribution in [3.05, 3.63) is 54.0 Å². The standard InChI is InChI=1S/C15H13NO3/c1-17-14-6-5-11(10-15(14)18-2)12(7-8-16)13-4-3-9-19-13/h3-7,9-10H,1-2H3. The molecule has 0 radical (unpaired) electrons. The fourth-order valence-electron chi connectivity index (χ4n) is 1.80. The summed E-state index contributed by atoms with van der Waals surface area (Å²) in [6, 6.07) is 11.1. The Morgan fingerprint density at radius 2 is 2.00 bits per heavy atom. The van der Waals surface area contributed by atoms with Gasteiger partial charge in [0.2, 0.25) is 0 Å². The molecule has 4 heteroatoms. The van der Waals surface area contributed by atoms with Gasteiger partial charge in [0.1, 0.15) is 5.76 Å². The van der Waals surface area contributed by atoms with Gasteiger partial charge in [0.15, 0.2) is 11.5 Å². The highest BCUT2D eigenvalue weighted by atomic mass is 16.5. The summed E-state index contributed by atoms with van der Waals surface area (Å²) >= 11 is 0. The zero-order valence-electron chi connectivity index (χ0n) is 10.7. The van der Waals surface area contributed by atoms with Crippen molar-refractivity contribution in [3.63, 3.8) is 0 Å². The highest BCUT2D eigenvalue weighted by molar-refractivity contribution is 5.79. The summed E-state index contributed by atoms with van der Waals surface area (Å²) in [6.45, 7) is 0. The minimum Gasteiger partial charge on any atom is -0.493 e. The Balaban J connectivity index is 2.50. The third-order valence-corrected chi connectivity index (χ3v) is 2.69. The van der Waals surface area contributed by atoms with E-state index in [-0.39, 0.29) is 0 Å². The Labute approximate surface area is 111 Å².